The van der Waals surface area contributed by atoms with Gasteiger partial charge < -0.3 is 10.4 Å². The van der Waals surface area contributed by atoms with Crippen LogP contribution in [0, 0.1) is 5.41 Å². The third-order valence-corrected chi connectivity index (χ3v) is 3.34. The number of carbonyl (C=O) groups is 1. The summed E-state index contributed by atoms with van der Waals surface area (Å²) in [6.45, 7) is 9.11. The van der Waals surface area contributed by atoms with Gasteiger partial charge in [-0.05, 0) is 11.8 Å². The van der Waals surface area contributed by atoms with Gasteiger partial charge in [-0.2, -0.15) is 0 Å². The van der Waals surface area contributed by atoms with Crippen molar-refractivity contribution in [2.45, 2.75) is 53.0 Å². The standard InChI is InChI=1S/C14H26N4O2/c1-4-5-6-7-14(2,3)11-15-8-9-18-10-12(13(19)20)16-17-18/h10,15H,4-9,11H2,1-3H3,(H,19,20). The number of hydrogen-bond donors (Lipinski definition) is 2. The van der Waals surface area contributed by atoms with Gasteiger partial charge in [-0.15, -0.1) is 5.10 Å². The molecule has 1 rings (SSSR count). The van der Waals surface area contributed by atoms with Gasteiger partial charge >= 0.3 is 5.97 Å². The molecule has 20 heavy (non-hydrogen) atoms. The average molecular weight is 282 g/mol. The average Bonchev–Trinajstić information content (AvgIpc) is 2.84. The number of aromatic carboxylic acids is 1. The molecule has 6 nitrogen and oxygen atoms in total. The maximum atomic E-state index is 10.7. The van der Waals surface area contributed by atoms with Crippen LogP contribution in [0.15, 0.2) is 6.20 Å². The van der Waals surface area contributed by atoms with E-state index < -0.39 is 5.97 Å². The lowest BCUT2D eigenvalue weighted by Gasteiger charge is -2.25. The fourth-order valence-electron chi connectivity index (χ4n) is 2.07. The first kappa shape index (κ1) is 16.6. The van der Waals surface area contributed by atoms with E-state index in [1.54, 1.807) is 4.68 Å². The lowest BCUT2D eigenvalue weighted by Crippen LogP contribution is -2.31. The third kappa shape index (κ3) is 6.14. The van der Waals surface area contributed by atoms with Crippen LogP contribution in [0.5, 0.6) is 0 Å². The molecule has 2 N–H and O–H groups in total. The molecule has 1 aromatic heterocycles. The van der Waals surface area contributed by atoms with Crippen LogP contribution >= 0.6 is 0 Å². The predicted octanol–water partition coefficient (Wildman–Crippen LogP) is 2.17. The summed E-state index contributed by atoms with van der Waals surface area (Å²) in [6.07, 6.45) is 6.50. The molecule has 0 aliphatic carbocycles. The van der Waals surface area contributed by atoms with Crippen molar-refractivity contribution < 1.29 is 9.90 Å². The molecule has 0 saturated heterocycles. The third-order valence-electron chi connectivity index (χ3n) is 3.34. The number of carboxylic acid groups (broad SMARTS) is 1. The SMILES string of the molecule is CCCCCC(C)(C)CNCCn1cc(C(=O)O)nn1. The van der Waals surface area contributed by atoms with E-state index in [1.165, 1.54) is 31.9 Å². The fourth-order valence-corrected chi connectivity index (χ4v) is 2.07. The summed E-state index contributed by atoms with van der Waals surface area (Å²) >= 11 is 0. The van der Waals surface area contributed by atoms with Crippen LogP contribution in [0.3, 0.4) is 0 Å². The monoisotopic (exact) mass is 282 g/mol. The first-order valence-electron chi connectivity index (χ1n) is 7.29. The Morgan fingerprint density at radius 1 is 1.45 bits per heavy atom. The van der Waals surface area contributed by atoms with Gasteiger partial charge in [0.2, 0.25) is 0 Å². The molecule has 0 aliphatic rings. The second-order valence-electron chi connectivity index (χ2n) is 5.97. The van der Waals surface area contributed by atoms with Crippen LogP contribution in [0.4, 0.5) is 0 Å². The van der Waals surface area contributed by atoms with Crippen molar-refractivity contribution in [3.8, 4) is 0 Å². The van der Waals surface area contributed by atoms with Crippen molar-refractivity contribution in [1.82, 2.24) is 20.3 Å². The number of unbranched alkanes of at least 4 members (excludes halogenated alkanes) is 2. The van der Waals surface area contributed by atoms with Crippen LogP contribution in [0.1, 0.15) is 56.9 Å². The fraction of sp³-hybridized carbons (Fsp3) is 0.786. The zero-order chi connectivity index (χ0) is 15.0. The Kier molecular flexibility index (Phi) is 6.64. The summed E-state index contributed by atoms with van der Waals surface area (Å²) in [5.74, 6) is -1.04. The number of hydrogen-bond acceptors (Lipinski definition) is 4. The molecule has 1 heterocycles. The van der Waals surface area contributed by atoms with Gasteiger partial charge in [0.25, 0.3) is 0 Å². The summed E-state index contributed by atoms with van der Waals surface area (Å²) < 4.78 is 1.56. The van der Waals surface area contributed by atoms with Gasteiger partial charge in [0.15, 0.2) is 5.69 Å². The van der Waals surface area contributed by atoms with E-state index in [0.29, 0.717) is 12.0 Å². The Hall–Kier alpha value is -1.43. The summed E-state index contributed by atoms with van der Waals surface area (Å²) in [5, 5.41) is 19.5. The Morgan fingerprint density at radius 2 is 2.20 bits per heavy atom. The van der Waals surface area contributed by atoms with Crippen molar-refractivity contribution in [3.63, 3.8) is 0 Å². The zero-order valence-electron chi connectivity index (χ0n) is 12.7. The normalized spacial score (nSPS) is 11.8. The quantitative estimate of drug-likeness (QED) is 0.643. The minimum Gasteiger partial charge on any atom is -0.476 e. The first-order chi connectivity index (χ1) is 9.44. The number of nitrogens with zero attached hydrogens (tertiary/aromatic N) is 3. The summed E-state index contributed by atoms with van der Waals surface area (Å²) in [6, 6.07) is 0. The zero-order valence-corrected chi connectivity index (χ0v) is 12.7. The highest BCUT2D eigenvalue weighted by Crippen LogP contribution is 2.22. The number of rotatable bonds is 10. The van der Waals surface area contributed by atoms with E-state index in [1.807, 2.05) is 0 Å². The van der Waals surface area contributed by atoms with E-state index in [-0.39, 0.29) is 5.69 Å². The number of nitrogens with one attached hydrogen (secondary N) is 1. The molecule has 0 unspecified atom stereocenters. The molecule has 0 amide bonds. The van der Waals surface area contributed by atoms with Crippen LogP contribution < -0.4 is 5.32 Å². The summed E-state index contributed by atoms with van der Waals surface area (Å²) in [5.41, 5.74) is 0.286. The Labute approximate surface area is 120 Å². The van der Waals surface area contributed by atoms with Gasteiger partial charge in [0, 0.05) is 13.1 Å². The highest BCUT2D eigenvalue weighted by Gasteiger charge is 2.16. The van der Waals surface area contributed by atoms with Gasteiger partial charge in [0.1, 0.15) is 0 Å². The largest absolute Gasteiger partial charge is 0.476 e. The van der Waals surface area contributed by atoms with Crippen molar-refractivity contribution in [2.24, 2.45) is 5.41 Å². The Morgan fingerprint density at radius 3 is 2.80 bits per heavy atom. The molecule has 0 saturated carbocycles. The molecule has 0 aromatic carbocycles. The van der Waals surface area contributed by atoms with E-state index in [9.17, 15) is 4.79 Å². The molecular weight excluding hydrogens is 256 g/mol. The minimum atomic E-state index is -1.04. The van der Waals surface area contributed by atoms with E-state index >= 15 is 0 Å². The van der Waals surface area contributed by atoms with Crippen molar-refractivity contribution in [1.29, 1.82) is 0 Å². The molecule has 0 atom stereocenters. The maximum Gasteiger partial charge on any atom is 0.358 e. The van der Waals surface area contributed by atoms with Crippen molar-refractivity contribution in [2.75, 3.05) is 13.1 Å². The second-order valence-corrected chi connectivity index (χ2v) is 5.97. The van der Waals surface area contributed by atoms with Crippen LogP contribution in [0.2, 0.25) is 0 Å². The van der Waals surface area contributed by atoms with E-state index in [2.05, 4.69) is 36.4 Å². The molecular formula is C14H26N4O2. The van der Waals surface area contributed by atoms with E-state index in [0.717, 1.165) is 13.1 Å². The second kappa shape index (κ2) is 7.99. The molecule has 0 fully saturated rings. The number of carboxylic acids is 1. The van der Waals surface area contributed by atoms with E-state index in [4.69, 9.17) is 5.11 Å². The van der Waals surface area contributed by atoms with Gasteiger partial charge in [0.05, 0.1) is 12.7 Å². The molecule has 1 aromatic rings. The van der Waals surface area contributed by atoms with Crippen molar-refractivity contribution in [3.05, 3.63) is 11.9 Å². The van der Waals surface area contributed by atoms with Crippen LogP contribution in [-0.2, 0) is 6.54 Å². The lowest BCUT2D eigenvalue weighted by atomic mass is 9.87. The Balaban J connectivity index is 2.21. The smallest absolute Gasteiger partial charge is 0.358 e. The van der Waals surface area contributed by atoms with Gasteiger partial charge in [-0.25, -0.2) is 4.79 Å². The highest BCUT2D eigenvalue weighted by molar-refractivity contribution is 5.84. The molecule has 0 aliphatic heterocycles. The van der Waals surface area contributed by atoms with Gasteiger partial charge in [-0.1, -0.05) is 45.2 Å². The lowest BCUT2D eigenvalue weighted by molar-refractivity contribution is 0.0690. The van der Waals surface area contributed by atoms with Gasteiger partial charge in [-0.3, -0.25) is 4.68 Å². The van der Waals surface area contributed by atoms with Crippen LogP contribution in [-0.4, -0.2) is 39.2 Å². The molecule has 6 heteroatoms. The Bertz CT molecular complexity index is 415. The first-order valence-corrected chi connectivity index (χ1v) is 7.29. The molecule has 114 valence electrons. The maximum absolute atomic E-state index is 10.7. The number of aromatic nitrogens is 3. The highest BCUT2D eigenvalue weighted by atomic mass is 16.4. The summed E-state index contributed by atoms with van der Waals surface area (Å²) in [7, 11) is 0. The molecule has 0 radical (unpaired) electrons. The molecule has 0 spiro atoms. The minimum absolute atomic E-state index is 0.00936. The van der Waals surface area contributed by atoms with Crippen LogP contribution in [0.25, 0.3) is 0 Å². The predicted molar refractivity (Wildman–Crippen MR) is 77.8 cm³/mol. The topological polar surface area (TPSA) is 80.0 Å². The summed E-state index contributed by atoms with van der Waals surface area (Å²) in [4.78, 5) is 10.7. The molecule has 0 bridgehead atoms. The van der Waals surface area contributed by atoms with Crippen molar-refractivity contribution >= 4 is 5.97 Å².